The summed E-state index contributed by atoms with van der Waals surface area (Å²) in [6.45, 7) is 1.15. The molecule has 114 valence electrons. The van der Waals surface area contributed by atoms with Crippen LogP contribution in [-0.4, -0.2) is 23.7 Å². The number of H-pyrrole nitrogens is 1. The van der Waals surface area contributed by atoms with Gasteiger partial charge in [-0.15, -0.1) is 0 Å². The number of halogens is 2. The number of hydrogen-bond donors (Lipinski definition) is 3. The lowest BCUT2D eigenvalue weighted by molar-refractivity contribution is 0.274. The van der Waals surface area contributed by atoms with Gasteiger partial charge in [0.05, 0.1) is 12.8 Å². The molecule has 9 heteroatoms. The second-order valence-electron chi connectivity index (χ2n) is 4.38. The Kier molecular flexibility index (Phi) is 4.77. The summed E-state index contributed by atoms with van der Waals surface area (Å²) in [7, 11) is -4.05. The van der Waals surface area contributed by atoms with E-state index in [9.17, 15) is 12.8 Å². The van der Waals surface area contributed by atoms with E-state index in [1.165, 1.54) is 12.3 Å². The topological polar surface area (TPSA) is 95.1 Å². The molecule has 0 aliphatic rings. The van der Waals surface area contributed by atoms with Crippen LogP contribution in [0.2, 0.25) is 0 Å². The van der Waals surface area contributed by atoms with Gasteiger partial charge in [-0.05, 0) is 19.1 Å². The van der Waals surface area contributed by atoms with Gasteiger partial charge in [0.1, 0.15) is 10.7 Å². The SMILES string of the molecule is Cc1[nH]ncc1CNS(=O)(=O)c1cc(Br)cc(CO)c1F. The van der Waals surface area contributed by atoms with Crippen molar-refractivity contribution in [2.75, 3.05) is 0 Å². The van der Waals surface area contributed by atoms with Gasteiger partial charge in [0, 0.05) is 27.8 Å². The zero-order valence-corrected chi connectivity index (χ0v) is 13.4. The van der Waals surface area contributed by atoms with Crippen molar-refractivity contribution < 1.29 is 17.9 Å². The number of nitrogens with one attached hydrogen (secondary N) is 2. The minimum Gasteiger partial charge on any atom is -0.392 e. The number of aliphatic hydroxyl groups is 1. The van der Waals surface area contributed by atoms with Crippen molar-refractivity contribution in [3.63, 3.8) is 0 Å². The van der Waals surface area contributed by atoms with Crippen molar-refractivity contribution >= 4 is 26.0 Å². The minimum absolute atomic E-state index is 0.00885. The fourth-order valence-electron chi connectivity index (χ4n) is 1.73. The molecule has 0 saturated carbocycles. The van der Waals surface area contributed by atoms with Gasteiger partial charge in [-0.25, -0.2) is 17.5 Å². The molecule has 3 N–H and O–H groups in total. The van der Waals surface area contributed by atoms with Gasteiger partial charge in [-0.2, -0.15) is 5.10 Å². The monoisotopic (exact) mass is 377 g/mol. The number of rotatable bonds is 5. The van der Waals surface area contributed by atoms with E-state index in [1.54, 1.807) is 6.92 Å². The maximum absolute atomic E-state index is 14.1. The average Bonchev–Trinajstić information content (AvgIpc) is 2.84. The molecule has 0 radical (unpaired) electrons. The molecule has 0 bridgehead atoms. The van der Waals surface area contributed by atoms with Crippen LogP contribution in [0.1, 0.15) is 16.8 Å². The van der Waals surface area contributed by atoms with E-state index < -0.39 is 27.3 Å². The molecule has 0 aliphatic heterocycles. The number of aromatic amines is 1. The van der Waals surface area contributed by atoms with Crippen molar-refractivity contribution in [2.24, 2.45) is 0 Å². The highest BCUT2D eigenvalue weighted by molar-refractivity contribution is 9.10. The van der Waals surface area contributed by atoms with Crippen molar-refractivity contribution in [1.82, 2.24) is 14.9 Å². The Morgan fingerprint density at radius 2 is 2.14 bits per heavy atom. The van der Waals surface area contributed by atoms with Crippen LogP contribution in [0.15, 0.2) is 27.7 Å². The second kappa shape index (κ2) is 6.22. The Labute approximate surface area is 129 Å². The molecule has 1 heterocycles. The summed E-state index contributed by atoms with van der Waals surface area (Å²) in [6.07, 6.45) is 1.49. The summed E-state index contributed by atoms with van der Waals surface area (Å²) < 4.78 is 41.1. The van der Waals surface area contributed by atoms with Gasteiger partial charge in [0.25, 0.3) is 0 Å². The van der Waals surface area contributed by atoms with E-state index in [2.05, 4.69) is 30.8 Å². The molecule has 0 aliphatic carbocycles. The third-order valence-corrected chi connectivity index (χ3v) is 4.78. The number of hydrogen-bond acceptors (Lipinski definition) is 4. The van der Waals surface area contributed by atoms with Gasteiger partial charge in [-0.1, -0.05) is 15.9 Å². The second-order valence-corrected chi connectivity index (χ2v) is 7.03. The Morgan fingerprint density at radius 3 is 2.71 bits per heavy atom. The largest absolute Gasteiger partial charge is 0.392 e. The standard InChI is InChI=1S/C12H13BrFN3O3S/c1-7-9(4-15-17-7)5-16-21(19,20)11-3-10(13)2-8(6-18)12(11)14/h2-4,16,18H,5-6H2,1H3,(H,15,17). The van der Waals surface area contributed by atoms with Crippen LogP contribution in [0.4, 0.5) is 4.39 Å². The minimum atomic E-state index is -4.05. The molecule has 0 atom stereocenters. The maximum Gasteiger partial charge on any atom is 0.243 e. The van der Waals surface area contributed by atoms with E-state index in [0.29, 0.717) is 10.0 Å². The number of nitrogens with zero attached hydrogens (tertiary/aromatic N) is 1. The van der Waals surface area contributed by atoms with E-state index >= 15 is 0 Å². The average molecular weight is 378 g/mol. The van der Waals surface area contributed by atoms with Crippen LogP contribution in [0.25, 0.3) is 0 Å². The first-order valence-electron chi connectivity index (χ1n) is 5.92. The molecule has 0 amide bonds. The van der Waals surface area contributed by atoms with Crippen molar-refractivity contribution in [2.45, 2.75) is 25.0 Å². The third kappa shape index (κ3) is 3.49. The Morgan fingerprint density at radius 1 is 1.43 bits per heavy atom. The van der Waals surface area contributed by atoms with Gasteiger partial charge >= 0.3 is 0 Å². The van der Waals surface area contributed by atoms with Crippen molar-refractivity contribution in [3.8, 4) is 0 Å². The van der Waals surface area contributed by atoms with Crippen LogP contribution in [-0.2, 0) is 23.2 Å². The van der Waals surface area contributed by atoms with Crippen LogP contribution < -0.4 is 4.72 Å². The summed E-state index contributed by atoms with van der Waals surface area (Å²) in [4.78, 5) is -0.512. The normalized spacial score (nSPS) is 11.8. The first-order valence-corrected chi connectivity index (χ1v) is 8.20. The van der Waals surface area contributed by atoms with Crippen molar-refractivity contribution in [3.05, 3.63) is 45.4 Å². The molecule has 1 aromatic heterocycles. The predicted molar refractivity (Wildman–Crippen MR) is 77.4 cm³/mol. The molecular weight excluding hydrogens is 365 g/mol. The highest BCUT2D eigenvalue weighted by atomic mass is 79.9. The molecule has 0 spiro atoms. The summed E-state index contributed by atoms with van der Waals surface area (Å²) in [5, 5.41) is 15.5. The Hall–Kier alpha value is -1.29. The van der Waals surface area contributed by atoms with Crippen molar-refractivity contribution in [1.29, 1.82) is 0 Å². The van der Waals surface area contributed by atoms with E-state index in [1.807, 2.05) is 0 Å². The summed E-state index contributed by atoms with van der Waals surface area (Å²) in [6, 6.07) is 2.48. The number of aromatic nitrogens is 2. The summed E-state index contributed by atoms with van der Waals surface area (Å²) >= 11 is 3.10. The lowest BCUT2D eigenvalue weighted by atomic mass is 10.2. The Bertz CT molecular complexity index is 761. The molecule has 1 aromatic carbocycles. The Balaban J connectivity index is 2.32. The van der Waals surface area contributed by atoms with E-state index in [0.717, 1.165) is 11.8 Å². The highest BCUT2D eigenvalue weighted by Crippen LogP contribution is 2.24. The molecule has 6 nitrogen and oxygen atoms in total. The molecule has 2 rings (SSSR count). The van der Waals surface area contributed by atoms with Gasteiger partial charge in [0.2, 0.25) is 10.0 Å². The molecular formula is C12H13BrFN3O3S. The zero-order chi connectivity index (χ0) is 15.6. The van der Waals surface area contributed by atoms with Crippen LogP contribution in [0.5, 0.6) is 0 Å². The predicted octanol–water partition coefficient (Wildman–Crippen LogP) is 1.59. The number of sulfonamides is 1. The summed E-state index contributed by atoms with van der Waals surface area (Å²) in [5.41, 5.74) is 1.30. The number of aliphatic hydroxyl groups excluding tert-OH is 1. The smallest absolute Gasteiger partial charge is 0.243 e. The molecule has 0 saturated heterocycles. The first kappa shape index (κ1) is 16.1. The zero-order valence-electron chi connectivity index (χ0n) is 11.0. The quantitative estimate of drug-likeness (QED) is 0.737. The fraction of sp³-hybridized carbons (Fsp3) is 0.250. The molecule has 0 fully saturated rings. The van der Waals surface area contributed by atoms with Gasteiger partial charge in [-0.3, -0.25) is 5.10 Å². The van der Waals surface area contributed by atoms with Crippen LogP contribution in [0, 0.1) is 12.7 Å². The molecule has 2 aromatic rings. The van der Waals surface area contributed by atoms with E-state index in [-0.39, 0.29) is 12.1 Å². The lowest BCUT2D eigenvalue weighted by Gasteiger charge is -2.10. The summed E-state index contributed by atoms with van der Waals surface area (Å²) in [5.74, 6) is -0.961. The van der Waals surface area contributed by atoms with E-state index in [4.69, 9.17) is 5.11 Å². The number of benzene rings is 1. The molecule has 21 heavy (non-hydrogen) atoms. The van der Waals surface area contributed by atoms with Gasteiger partial charge < -0.3 is 5.11 Å². The maximum atomic E-state index is 14.1. The van der Waals surface area contributed by atoms with Crippen LogP contribution >= 0.6 is 15.9 Å². The number of aryl methyl sites for hydroxylation is 1. The fourth-order valence-corrected chi connectivity index (χ4v) is 3.54. The third-order valence-electron chi connectivity index (χ3n) is 2.93. The van der Waals surface area contributed by atoms with Gasteiger partial charge in [0.15, 0.2) is 0 Å². The molecule has 0 unspecified atom stereocenters. The first-order chi connectivity index (χ1) is 9.85. The van der Waals surface area contributed by atoms with Crippen LogP contribution in [0.3, 0.4) is 0 Å². The lowest BCUT2D eigenvalue weighted by Crippen LogP contribution is -2.24. The highest BCUT2D eigenvalue weighted by Gasteiger charge is 2.22.